The fraction of sp³-hybridized carbons (Fsp3) is 0.625. The number of aliphatic hydroxyl groups excluding tert-OH is 1. The second kappa shape index (κ2) is 5.43. The summed E-state index contributed by atoms with van der Waals surface area (Å²) >= 11 is 6.23. The van der Waals surface area contributed by atoms with E-state index in [4.69, 9.17) is 22.4 Å². The van der Waals surface area contributed by atoms with Crippen LogP contribution in [0.1, 0.15) is 6.42 Å². The summed E-state index contributed by atoms with van der Waals surface area (Å²) in [6.45, 7) is -0.0347. The first-order valence-corrected chi connectivity index (χ1v) is 5.76. The lowest BCUT2D eigenvalue weighted by Gasteiger charge is -2.30. The number of carbonyl (C=O) groups excluding carboxylic acids is 1. The fourth-order valence-corrected chi connectivity index (χ4v) is 2.62. The zero-order valence-electron chi connectivity index (χ0n) is 7.88. The topological polar surface area (TPSA) is 77.8 Å². The van der Waals surface area contributed by atoms with Gasteiger partial charge >= 0.3 is 5.97 Å². The molecule has 15 heavy (non-hydrogen) atoms. The molecule has 0 saturated carbocycles. The molecule has 1 unspecified atom stereocenters. The molecular formula is C8H11NO4S2. The molecule has 84 valence electrons. The second-order valence-corrected chi connectivity index (χ2v) is 4.74. The lowest BCUT2D eigenvalue weighted by molar-refractivity contribution is -0.142. The number of aliphatic carboxylic acids is 1. The Bertz CT molecular complexity index is 294. The van der Waals surface area contributed by atoms with Crippen LogP contribution in [0.25, 0.3) is 0 Å². The standard InChI is InChI=1S/C8H11NO4S2/c10-2-1-9-7(13)5(3-6(11)12)4-15-8(9)14/h5,10H,1-4H2,(H,11,12). The Balaban J connectivity index is 2.67. The number of thioether (sulfide) groups is 1. The highest BCUT2D eigenvalue weighted by atomic mass is 32.2. The van der Waals surface area contributed by atoms with E-state index in [0.29, 0.717) is 10.1 Å². The van der Waals surface area contributed by atoms with Gasteiger partial charge in [-0.3, -0.25) is 14.5 Å². The molecule has 0 spiro atoms. The van der Waals surface area contributed by atoms with Crippen molar-refractivity contribution in [3.8, 4) is 0 Å². The minimum Gasteiger partial charge on any atom is -0.481 e. The Hall–Kier alpha value is -0.660. The minimum atomic E-state index is -0.995. The highest BCUT2D eigenvalue weighted by Crippen LogP contribution is 2.25. The summed E-state index contributed by atoms with van der Waals surface area (Å²) in [5.41, 5.74) is 0. The molecule has 1 amide bonds. The van der Waals surface area contributed by atoms with Crippen molar-refractivity contribution >= 4 is 40.2 Å². The summed E-state index contributed by atoms with van der Waals surface area (Å²) in [5, 5.41) is 17.3. The van der Waals surface area contributed by atoms with E-state index in [2.05, 4.69) is 0 Å². The number of hydrogen-bond acceptors (Lipinski definition) is 5. The zero-order chi connectivity index (χ0) is 11.4. The first kappa shape index (κ1) is 12.4. The number of carboxylic acid groups (broad SMARTS) is 1. The van der Waals surface area contributed by atoms with E-state index in [9.17, 15) is 9.59 Å². The molecule has 1 aliphatic rings. The van der Waals surface area contributed by atoms with Crippen molar-refractivity contribution < 1.29 is 19.8 Å². The number of rotatable bonds is 4. The maximum absolute atomic E-state index is 11.7. The van der Waals surface area contributed by atoms with Gasteiger partial charge in [0.25, 0.3) is 0 Å². The van der Waals surface area contributed by atoms with Crippen molar-refractivity contribution in [1.82, 2.24) is 4.90 Å². The molecule has 0 aromatic heterocycles. The molecule has 1 fully saturated rings. The summed E-state index contributed by atoms with van der Waals surface area (Å²) in [7, 11) is 0. The number of nitrogens with zero attached hydrogens (tertiary/aromatic N) is 1. The molecule has 0 bridgehead atoms. The first-order chi connectivity index (χ1) is 7.06. The van der Waals surface area contributed by atoms with Crippen LogP contribution >= 0.6 is 24.0 Å². The van der Waals surface area contributed by atoms with Crippen LogP contribution in [0.2, 0.25) is 0 Å². The molecule has 1 saturated heterocycles. The van der Waals surface area contributed by atoms with Crippen molar-refractivity contribution in [3.05, 3.63) is 0 Å². The molecule has 0 aliphatic carbocycles. The lowest BCUT2D eigenvalue weighted by Crippen LogP contribution is -2.45. The van der Waals surface area contributed by atoms with Gasteiger partial charge in [0.2, 0.25) is 5.91 Å². The largest absolute Gasteiger partial charge is 0.481 e. The lowest BCUT2D eigenvalue weighted by atomic mass is 10.1. The van der Waals surface area contributed by atoms with Crippen LogP contribution < -0.4 is 0 Å². The summed E-state index contributed by atoms with van der Waals surface area (Å²) < 4.78 is 0.413. The van der Waals surface area contributed by atoms with Gasteiger partial charge in [0.1, 0.15) is 4.32 Å². The number of carbonyl (C=O) groups is 2. The Labute approximate surface area is 96.4 Å². The van der Waals surface area contributed by atoms with Crippen molar-refractivity contribution in [2.75, 3.05) is 18.9 Å². The van der Waals surface area contributed by atoms with Crippen molar-refractivity contribution in [2.45, 2.75) is 6.42 Å². The van der Waals surface area contributed by atoms with E-state index in [1.807, 2.05) is 0 Å². The van der Waals surface area contributed by atoms with Crippen LogP contribution in [-0.2, 0) is 9.59 Å². The zero-order valence-corrected chi connectivity index (χ0v) is 9.51. The number of thiocarbonyl (C=S) groups is 1. The van der Waals surface area contributed by atoms with Crippen LogP contribution in [0, 0.1) is 5.92 Å². The molecule has 0 aromatic rings. The summed E-state index contributed by atoms with van der Waals surface area (Å²) in [6.07, 6.45) is -0.184. The van der Waals surface area contributed by atoms with E-state index < -0.39 is 11.9 Å². The van der Waals surface area contributed by atoms with Crippen LogP contribution in [0.15, 0.2) is 0 Å². The predicted molar refractivity (Wildman–Crippen MR) is 59.6 cm³/mol. The molecule has 0 aromatic carbocycles. The highest BCUT2D eigenvalue weighted by molar-refractivity contribution is 8.23. The molecular weight excluding hydrogens is 238 g/mol. The molecule has 0 radical (unpaired) electrons. The van der Waals surface area contributed by atoms with Crippen LogP contribution in [0.4, 0.5) is 0 Å². The number of aliphatic hydroxyl groups is 1. The molecule has 1 atom stereocenters. The summed E-state index contributed by atoms with van der Waals surface area (Å²) in [6, 6.07) is 0. The Kier molecular flexibility index (Phi) is 4.49. The van der Waals surface area contributed by atoms with Crippen molar-refractivity contribution in [1.29, 1.82) is 0 Å². The third-order valence-corrected chi connectivity index (χ3v) is 3.60. The van der Waals surface area contributed by atoms with Gasteiger partial charge in [0.05, 0.1) is 25.5 Å². The smallest absolute Gasteiger partial charge is 0.304 e. The Morgan fingerprint density at radius 1 is 1.67 bits per heavy atom. The van der Waals surface area contributed by atoms with Crippen LogP contribution in [-0.4, -0.2) is 50.2 Å². The van der Waals surface area contributed by atoms with E-state index in [0.717, 1.165) is 0 Å². The second-order valence-electron chi connectivity index (χ2n) is 3.09. The normalized spacial score (nSPS) is 21.9. The Morgan fingerprint density at radius 3 is 2.87 bits per heavy atom. The molecule has 7 heteroatoms. The minimum absolute atomic E-state index is 0.140. The summed E-state index contributed by atoms with van der Waals surface area (Å²) in [4.78, 5) is 23.5. The predicted octanol–water partition coefficient (Wildman–Crippen LogP) is -0.0701. The number of carboxylic acids is 1. The molecule has 2 N–H and O–H groups in total. The third-order valence-electron chi connectivity index (χ3n) is 1.99. The maximum Gasteiger partial charge on any atom is 0.304 e. The van der Waals surface area contributed by atoms with Gasteiger partial charge in [-0.15, -0.1) is 0 Å². The molecule has 1 rings (SSSR count). The van der Waals surface area contributed by atoms with Crippen molar-refractivity contribution in [3.63, 3.8) is 0 Å². The van der Waals surface area contributed by atoms with Gasteiger partial charge in [-0.25, -0.2) is 0 Å². The van der Waals surface area contributed by atoms with Gasteiger partial charge in [-0.2, -0.15) is 0 Å². The van der Waals surface area contributed by atoms with Crippen LogP contribution in [0.3, 0.4) is 0 Å². The average Bonchev–Trinajstić information content (AvgIpc) is 2.16. The summed E-state index contributed by atoms with van der Waals surface area (Å²) in [5.74, 6) is -1.42. The SMILES string of the molecule is O=C(O)CC1CSC(=S)N(CCO)C1=O. The van der Waals surface area contributed by atoms with Gasteiger partial charge in [0, 0.05) is 5.75 Å². The maximum atomic E-state index is 11.7. The Morgan fingerprint density at radius 2 is 2.33 bits per heavy atom. The average molecular weight is 249 g/mol. The quantitative estimate of drug-likeness (QED) is 0.679. The fourth-order valence-electron chi connectivity index (χ4n) is 1.29. The number of β-amino-alcohol motifs (C(OH)–C–C–N with tert-alkyl or cyclic N) is 1. The van der Waals surface area contributed by atoms with Crippen molar-refractivity contribution in [2.24, 2.45) is 5.92 Å². The van der Waals surface area contributed by atoms with Gasteiger partial charge < -0.3 is 10.2 Å². The van der Waals surface area contributed by atoms with E-state index in [1.54, 1.807) is 0 Å². The number of amides is 1. The van der Waals surface area contributed by atoms with E-state index in [1.165, 1.54) is 16.7 Å². The molecule has 1 heterocycles. The highest BCUT2D eigenvalue weighted by Gasteiger charge is 2.33. The van der Waals surface area contributed by atoms with E-state index in [-0.39, 0.29) is 25.5 Å². The first-order valence-electron chi connectivity index (χ1n) is 4.37. The number of hydrogen-bond donors (Lipinski definition) is 2. The van der Waals surface area contributed by atoms with Gasteiger partial charge in [-0.1, -0.05) is 24.0 Å². The van der Waals surface area contributed by atoms with E-state index >= 15 is 0 Å². The third kappa shape index (κ3) is 3.15. The van der Waals surface area contributed by atoms with Gasteiger partial charge in [0.15, 0.2) is 0 Å². The van der Waals surface area contributed by atoms with Gasteiger partial charge in [-0.05, 0) is 0 Å². The van der Waals surface area contributed by atoms with Crippen LogP contribution in [0.5, 0.6) is 0 Å². The molecule has 1 aliphatic heterocycles. The molecule has 5 nitrogen and oxygen atoms in total. The monoisotopic (exact) mass is 249 g/mol.